The molecule has 0 aliphatic carbocycles. The largest absolute Gasteiger partial charge is 0.451 e. The molecule has 2 aromatic heterocycles. The van der Waals surface area contributed by atoms with Gasteiger partial charge in [0, 0.05) is 21.9 Å². The van der Waals surface area contributed by atoms with Crippen molar-refractivity contribution < 1.29 is 13.2 Å². The molecule has 0 radical (unpaired) electrons. The van der Waals surface area contributed by atoms with Gasteiger partial charge in [0.15, 0.2) is 0 Å². The van der Waals surface area contributed by atoms with Crippen LogP contribution in [0.1, 0.15) is 10.7 Å². The molecular formula is C10H8F3N3S. The van der Waals surface area contributed by atoms with Gasteiger partial charge in [-0.05, 0) is 13.0 Å². The van der Waals surface area contributed by atoms with Gasteiger partial charge >= 0.3 is 6.18 Å². The first kappa shape index (κ1) is 11.8. The second kappa shape index (κ2) is 3.99. The van der Waals surface area contributed by atoms with Crippen molar-refractivity contribution in [3.8, 4) is 11.3 Å². The van der Waals surface area contributed by atoms with Crippen molar-refractivity contribution in [2.75, 3.05) is 5.73 Å². The van der Waals surface area contributed by atoms with E-state index in [0.29, 0.717) is 5.56 Å². The summed E-state index contributed by atoms with van der Waals surface area (Å²) in [6.45, 7) is 1.86. The summed E-state index contributed by atoms with van der Waals surface area (Å²) >= 11 is 1.44. The van der Waals surface area contributed by atoms with Gasteiger partial charge in [0.2, 0.25) is 5.82 Å². The Labute approximate surface area is 99.1 Å². The number of hydrogen-bond acceptors (Lipinski definition) is 4. The molecule has 0 unspecified atom stereocenters. The van der Waals surface area contributed by atoms with E-state index in [4.69, 9.17) is 5.73 Å². The van der Waals surface area contributed by atoms with Gasteiger partial charge in [0.05, 0.1) is 5.69 Å². The first-order valence-corrected chi connectivity index (χ1v) is 5.51. The first-order valence-electron chi connectivity index (χ1n) is 4.63. The molecule has 3 nitrogen and oxygen atoms in total. The van der Waals surface area contributed by atoms with E-state index in [-0.39, 0.29) is 11.5 Å². The van der Waals surface area contributed by atoms with Crippen molar-refractivity contribution in [3.05, 3.63) is 28.2 Å². The van der Waals surface area contributed by atoms with Crippen LogP contribution in [-0.2, 0) is 6.18 Å². The molecule has 0 aromatic carbocycles. The van der Waals surface area contributed by atoms with Gasteiger partial charge in [-0.15, -0.1) is 11.3 Å². The minimum Gasteiger partial charge on any atom is -0.384 e. The average Bonchev–Trinajstić information content (AvgIpc) is 2.62. The lowest BCUT2D eigenvalue weighted by Crippen LogP contribution is -2.12. The molecule has 2 N–H and O–H groups in total. The lowest BCUT2D eigenvalue weighted by atomic mass is 10.2. The molecule has 2 heterocycles. The molecule has 0 atom stereocenters. The van der Waals surface area contributed by atoms with E-state index >= 15 is 0 Å². The van der Waals surface area contributed by atoms with Crippen molar-refractivity contribution in [2.45, 2.75) is 13.1 Å². The summed E-state index contributed by atoms with van der Waals surface area (Å²) in [5, 5.41) is 1.73. The molecule has 90 valence electrons. The number of alkyl halides is 3. The minimum atomic E-state index is -4.59. The third-order valence-corrected chi connectivity index (χ3v) is 2.89. The zero-order chi connectivity index (χ0) is 12.6. The quantitative estimate of drug-likeness (QED) is 0.856. The molecule has 0 saturated carbocycles. The van der Waals surface area contributed by atoms with Crippen LogP contribution in [0.5, 0.6) is 0 Å². The van der Waals surface area contributed by atoms with Crippen LogP contribution in [0.3, 0.4) is 0 Å². The van der Waals surface area contributed by atoms with E-state index in [0.717, 1.165) is 4.88 Å². The predicted molar refractivity (Wildman–Crippen MR) is 59.5 cm³/mol. The Morgan fingerprint density at radius 1 is 1.24 bits per heavy atom. The van der Waals surface area contributed by atoms with Crippen LogP contribution in [0, 0.1) is 6.92 Å². The zero-order valence-corrected chi connectivity index (χ0v) is 9.56. The molecule has 0 aliphatic heterocycles. The van der Waals surface area contributed by atoms with Crippen LogP contribution < -0.4 is 5.73 Å². The number of rotatable bonds is 1. The van der Waals surface area contributed by atoms with Crippen LogP contribution >= 0.6 is 11.3 Å². The van der Waals surface area contributed by atoms with Crippen LogP contribution in [-0.4, -0.2) is 9.97 Å². The normalized spacial score (nSPS) is 11.8. The Bertz CT molecular complexity index is 548. The highest BCUT2D eigenvalue weighted by Crippen LogP contribution is 2.30. The molecular weight excluding hydrogens is 251 g/mol. The van der Waals surface area contributed by atoms with E-state index in [1.165, 1.54) is 17.4 Å². The highest BCUT2D eigenvalue weighted by molar-refractivity contribution is 7.10. The van der Waals surface area contributed by atoms with E-state index in [2.05, 4.69) is 9.97 Å². The number of hydrogen-bond donors (Lipinski definition) is 1. The maximum absolute atomic E-state index is 12.5. The Kier molecular flexibility index (Phi) is 2.78. The fourth-order valence-corrected chi connectivity index (χ4v) is 2.02. The molecule has 2 rings (SSSR count). The Morgan fingerprint density at radius 3 is 2.47 bits per heavy atom. The monoisotopic (exact) mass is 259 g/mol. The van der Waals surface area contributed by atoms with Crippen LogP contribution in [0.2, 0.25) is 0 Å². The summed E-state index contributed by atoms with van der Waals surface area (Å²) in [7, 11) is 0. The van der Waals surface area contributed by atoms with Crippen molar-refractivity contribution in [3.63, 3.8) is 0 Å². The number of anilines is 1. The Balaban J connectivity index is 2.52. The highest BCUT2D eigenvalue weighted by atomic mass is 32.1. The Hall–Kier alpha value is -1.63. The van der Waals surface area contributed by atoms with Gasteiger partial charge < -0.3 is 5.73 Å². The molecule has 2 aromatic rings. The lowest BCUT2D eigenvalue weighted by Gasteiger charge is -2.07. The second-order valence-electron chi connectivity index (χ2n) is 3.45. The van der Waals surface area contributed by atoms with Crippen molar-refractivity contribution in [1.29, 1.82) is 0 Å². The number of halogens is 3. The fourth-order valence-electron chi connectivity index (χ4n) is 1.32. The molecule has 17 heavy (non-hydrogen) atoms. The summed E-state index contributed by atoms with van der Waals surface area (Å²) in [6.07, 6.45) is -4.59. The molecule has 0 bridgehead atoms. The van der Waals surface area contributed by atoms with E-state index in [9.17, 15) is 13.2 Å². The van der Waals surface area contributed by atoms with E-state index in [1.54, 1.807) is 11.4 Å². The maximum atomic E-state index is 12.5. The first-order chi connectivity index (χ1) is 7.86. The number of aromatic nitrogens is 2. The maximum Gasteiger partial charge on any atom is 0.451 e. The minimum absolute atomic E-state index is 0.189. The number of nitrogens with zero attached hydrogens (tertiary/aromatic N) is 2. The molecule has 7 heteroatoms. The second-order valence-corrected chi connectivity index (χ2v) is 4.56. The SMILES string of the molecule is Cc1cc(-c2cc(N)nc(C(F)(F)F)n2)cs1. The number of thiophene rings is 1. The van der Waals surface area contributed by atoms with E-state index < -0.39 is 12.0 Å². The summed E-state index contributed by atoms with van der Waals surface area (Å²) in [5.74, 6) is -1.40. The summed E-state index contributed by atoms with van der Waals surface area (Å²) < 4.78 is 37.5. The van der Waals surface area contributed by atoms with Gasteiger partial charge in [-0.25, -0.2) is 9.97 Å². The van der Waals surface area contributed by atoms with Crippen LogP contribution in [0.15, 0.2) is 17.5 Å². The number of aryl methyl sites for hydroxylation is 1. The number of nitrogens with two attached hydrogens (primary N) is 1. The third kappa shape index (κ3) is 2.55. The smallest absolute Gasteiger partial charge is 0.384 e. The zero-order valence-electron chi connectivity index (χ0n) is 8.75. The topological polar surface area (TPSA) is 51.8 Å². The van der Waals surface area contributed by atoms with E-state index in [1.807, 2.05) is 6.92 Å². The Morgan fingerprint density at radius 2 is 1.94 bits per heavy atom. The van der Waals surface area contributed by atoms with Crippen molar-refractivity contribution >= 4 is 17.2 Å². The highest BCUT2D eigenvalue weighted by Gasteiger charge is 2.35. The summed E-state index contributed by atoms with van der Waals surface area (Å²) in [6, 6.07) is 3.09. The summed E-state index contributed by atoms with van der Waals surface area (Å²) in [5.41, 5.74) is 6.16. The van der Waals surface area contributed by atoms with Crippen molar-refractivity contribution in [1.82, 2.24) is 9.97 Å². The molecule has 0 amide bonds. The molecule has 0 spiro atoms. The molecule has 0 aliphatic rings. The van der Waals surface area contributed by atoms with Crippen molar-refractivity contribution in [2.24, 2.45) is 0 Å². The number of nitrogen functional groups attached to an aromatic ring is 1. The molecule has 0 fully saturated rings. The standard InChI is InChI=1S/C10H8F3N3S/c1-5-2-6(4-17-5)7-3-8(14)16-9(15-7)10(11,12)13/h2-4H,1H3,(H2,14,15,16). The third-order valence-electron chi connectivity index (χ3n) is 2.03. The molecule has 0 saturated heterocycles. The van der Waals surface area contributed by atoms with Gasteiger partial charge in [-0.2, -0.15) is 13.2 Å². The summed E-state index contributed by atoms with van der Waals surface area (Å²) in [4.78, 5) is 7.65. The average molecular weight is 259 g/mol. The van der Waals surface area contributed by atoms with Crippen LogP contribution in [0.25, 0.3) is 11.3 Å². The van der Waals surface area contributed by atoms with Gasteiger partial charge in [0.25, 0.3) is 0 Å². The van der Waals surface area contributed by atoms with Gasteiger partial charge in [-0.1, -0.05) is 0 Å². The van der Waals surface area contributed by atoms with Gasteiger partial charge in [-0.3, -0.25) is 0 Å². The fraction of sp³-hybridized carbons (Fsp3) is 0.200. The lowest BCUT2D eigenvalue weighted by molar-refractivity contribution is -0.144. The van der Waals surface area contributed by atoms with Crippen LogP contribution in [0.4, 0.5) is 19.0 Å². The predicted octanol–water partition coefficient (Wildman–Crippen LogP) is 3.11. The van der Waals surface area contributed by atoms with Gasteiger partial charge in [0.1, 0.15) is 5.82 Å².